The van der Waals surface area contributed by atoms with Gasteiger partial charge in [-0.3, -0.25) is 4.98 Å². The molecule has 160 valence electrons. The van der Waals surface area contributed by atoms with E-state index in [0.717, 1.165) is 27.5 Å². The third-order valence-corrected chi connectivity index (χ3v) is 6.87. The Morgan fingerprint density at radius 1 is 1.06 bits per heavy atom. The zero-order chi connectivity index (χ0) is 22.4. The Labute approximate surface area is 185 Å². The summed E-state index contributed by atoms with van der Waals surface area (Å²) in [6.45, 7) is 0.735. The van der Waals surface area contributed by atoms with Crippen molar-refractivity contribution in [2.24, 2.45) is 5.73 Å². The molecule has 2 aromatic heterocycles. The van der Waals surface area contributed by atoms with Crippen LogP contribution in [0, 0.1) is 0 Å². The van der Waals surface area contributed by atoms with E-state index >= 15 is 0 Å². The fraction of sp³-hybridized carbons (Fsp3) is 0.174. The first-order valence-electron chi connectivity index (χ1n) is 9.38. The summed E-state index contributed by atoms with van der Waals surface area (Å²) in [7, 11) is 0. The summed E-state index contributed by atoms with van der Waals surface area (Å²) >= 11 is 7.73. The maximum atomic E-state index is 13.3. The van der Waals surface area contributed by atoms with Crippen molar-refractivity contribution in [3.05, 3.63) is 87.9 Å². The average molecular weight is 463 g/mol. The van der Waals surface area contributed by atoms with Gasteiger partial charge in [0.1, 0.15) is 0 Å². The van der Waals surface area contributed by atoms with Gasteiger partial charge in [0.05, 0.1) is 11.7 Å². The van der Waals surface area contributed by atoms with Crippen molar-refractivity contribution in [3.63, 3.8) is 0 Å². The molecule has 2 heterocycles. The van der Waals surface area contributed by atoms with Gasteiger partial charge in [-0.05, 0) is 47.7 Å². The normalized spacial score (nSPS) is 15.1. The molecule has 0 spiro atoms. The lowest BCUT2D eigenvalue weighted by atomic mass is 9.94. The van der Waals surface area contributed by atoms with Gasteiger partial charge < -0.3 is 10.8 Å². The van der Waals surface area contributed by atoms with E-state index < -0.39 is 17.8 Å². The number of rotatable bonds is 4. The number of hydrogen-bond acceptors (Lipinski definition) is 4. The van der Waals surface area contributed by atoms with Crippen molar-refractivity contribution >= 4 is 33.0 Å². The van der Waals surface area contributed by atoms with E-state index in [0.29, 0.717) is 16.3 Å². The fourth-order valence-electron chi connectivity index (χ4n) is 3.36. The molecule has 0 aliphatic heterocycles. The van der Waals surface area contributed by atoms with Crippen molar-refractivity contribution in [1.82, 2.24) is 4.98 Å². The van der Waals surface area contributed by atoms with Gasteiger partial charge in [0.25, 0.3) is 0 Å². The van der Waals surface area contributed by atoms with Gasteiger partial charge in [0.2, 0.25) is 0 Å². The van der Waals surface area contributed by atoms with Crippen LogP contribution in [0.25, 0.3) is 21.3 Å². The topological polar surface area (TPSA) is 59.1 Å². The largest absolute Gasteiger partial charge is 0.421 e. The first-order chi connectivity index (χ1) is 14.6. The van der Waals surface area contributed by atoms with E-state index in [9.17, 15) is 18.3 Å². The Bertz CT molecular complexity index is 1250. The molecule has 0 unspecified atom stereocenters. The number of nitrogens with zero attached hydrogens (tertiary/aromatic N) is 1. The summed E-state index contributed by atoms with van der Waals surface area (Å²) < 4.78 is 40.7. The first kappa shape index (κ1) is 21.8. The Morgan fingerprint density at radius 2 is 1.81 bits per heavy atom. The number of thiophene rings is 1. The van der Waals surface area contributed by atoms with Crippen LogP contribution >= 0.6 is 22.9 Å². The van der Waals surface area contributed by atoms with Gasteiger partial charge in [0, 0.05) is 26.4 Å². The van der Waals surface area contributed by atoms with Gasteiger partial charge >= 0.3 is 6.18 Å². The Kier molecular flexibility index (Phi) is 5.55. The van der Waals surface area contributed by atoms with Gasteiger partial charge in [-0.15, -0.1) is 11.3 Å². The highest BCUT2D eigenvalue weighted by Crippen LogP contribution is 2.41. The Balaban J connectivity index is 1.80. The van der Waals surface area contributed by atoms with Crippen molar-refractivity contribution in [2.45, 2.75) is 24.7 Å². The highest BCUT2D eigenvalue weighted by molar-refractivity contribution is 7.19. The van der Waals surface area contributed by atoms with Crippen LogP contribution in [0.1, 0.15) is 29.0 Å². The fourth-order valence-corrected chi connectivity index (χ4v) is 4.82. The molecule has 31 heavy (non-hydrogen) atoms. The van der Waals surface area contributed by atoms with Gasteiger partial charge in [-0.25, -0.2) is 0 Å². The molecular weight excluding hydrogens is 445 g/mol. The number of benzene rings is 2. The predicted octanol–water partition coefficient (Wildman–Crippen LogP) is 6.43. The number of nitrogens with two attached hydrogens (primary N) is 1. The van der Waals surface area contributed by atoms with E-state index in [4.69, 9.17) is 17.3 Å². The highest BCUT2D eigenvalue weighted by atomic mass is 35.5. The molecule has 0 aliphatic carbocycles. The molecular formula is C23H18ClF3N2OS. The van der Waals surface area contributed by atoms with Crippen molar-refractivity contribution in [3.8, 4) is 11.3 Å². The molecule has 4 rings (SSSR count). The molecule has 3 nitrogen and oxygen atoms in total. The van der Waals surface area contributed by atoms with Crippen LogP contribution in [0.2, 0.25) is 5.02 Å². The third kappa shape index (κ3) is 3.94. The van der Waals surface area contributed by atoms with Crippen LogP contribution in [0.4, 0.5) is 13.2 Å². The quantitative estimate of drug-likeness (QED) is 0.367. The second-order valence-corrected chi connectivity index (χ2v) is 8.86. The minimum atomic E-state index is -4.81. The summed E-state index contributed by atoms with van der Waals surface area (Å²) in [5, 5.41) is 11.5. The second kappa shape index (κ2) is 7.91. The average Bonchev–Trinajstić information content (AvgIpc) is 3.17. The number of fused-ring (bicyclic) bond motifs is 1. The minimum absolute atomic E-state index is 0.272. The number of aromatic nitrogens is 1. The van der Waals surface area contributed by atoms with Crippen LogP contribution < -0.4 is 5.73 Å². The number of halogens is 4. The standard InChI is InChI=1S/C23H18ClF3N2OS/c1-22(30,23(25,26)27)14-9-10-29-18(12-14)16-7-4-5-13-11-19(31-21(13)16)20(28)15-6-2-3-8-17(15)24/h2-12,20,30H,28H2,1H3/t20-,22+/m1/s1. The lowest BCUT2D eigenvalue weighted by Crippen LogP contribution is -2.39. The number of hydrogen-bond donors (Lipinski definition) is 2. The van der Waals surface area contributed by atoms with E-state index in [1.54, 1.807) is 12.1 Å². The highest BCUT2D eigenvalue weighted by Gasteiger charge is 2.51. The molecule has 0 saturated heterocycles. The Morgan fingerprint density at radius 3 is 2.52 bits per heavy atom. The summed E-state index contributed by atoms with van der Waals surface area (Å²) in [6.07, 6.45) is -3.54. The molecule has 3 N–H and O–H groups in total. The molecule has 0 saturated carbocycles. The molecule has 0 bridgehead atoms. The lowest BCUT2D eigenvalue weighted by molar-refractivity contribution is -0.258. The molecule has 0 aliphatic rings. The number of alkyl halides is 3. The third-order valence-electron chi connectivity index (χ3n) is 5.26. The minimum Gasteiger partial charge on any atom is -0.376 e. The molecule has 2 atom stereocenters. The zero-order valence-electron chi connectivity index (χ0n) is 16.3. The summed E-state index contributed by atoms with van der Waals surface area (Å²) in [6, 6.07) is 16.8. The summed E-state index contributed by atoms with van der Waals surface area (Å²) in [5.41, 5.74) is 5.00. The molecule has 2 aromatic carbocycles. The summed E-state index contributed by atoms with van der Waals surface area (Å²) in [5.74, 6) is 0. The molecule has 0 fully saturated rings. The molecule has 8 heteroatoms. The molecule has 0 amide bonds. The first-order valence-corrected chi connectivity index (χ1v) is 10.6. The smallest absolute Gasteiger partial charge is 0.376 e. The zero-order valence-corrected chi connectivity index (χ0v) is 17.9. The Hall–Kier alpha value is -2.45. The van der Waals surface area contributed by atoms with E-state index in [1.165, 1.54) is 29.7 Å². The predicted molar refractivity (Wildman–Crippen MR) is 118 cm³/mol. The van der Waals surface area contributed by atoms with Crippen molar-refractivity contribution < 1.29 is 18.3 Å². The van der Waals surface area contributed by atoms with Crippen LogP contribution in [0.3, 0.4) is 0 Å². The van der Waals surface area contributed by atoms with Gasteiger partial charge in [0.15, 0.2) is 5.60 Å². The molecule has 0 radical (unpaired) electrons. The van der Waals surface area contributed by atoms with E-state index in [1.807, 2.05) is 36.4 Å². The van der Waals surface area contributed by atoms with Crippen LogP contribution in [-0.4, -0.2) is 16.3 Å². The lowest BCUT2D eigenvalue weighted by Gasteiger charge is -2.26. The number of aliphatic hydroxyl groups is 1. The van der Waals surface area contributed by atoms with Gasteiger partial charge in [-0.1, -0.05) is 48.0 Å². The van der Waals surface area contributed by atoms with Crippen LogP contribution in [0.15, 0.2) is 66.9 Å². The summed E-state index contributed by atoms with van der Waals surface area (Å²) in [4.78, 5) is 5.13. The SMILES string of the molecule is C[C@](O)(c1ccnc(-c2cccc3cc([C@H](N)c4ccccc4Cl)sc23)c1)C(F)(F)F. The van der Waals surface area contributed by atoms with E-state index in [-0.39, 0.29) is 5.56 Å². The maximum Gasteiger partial charge on any atom is 0.421 e. The second-order valence-electron chi connectivity index (χ2n) is 7.37. The van der Waals surface area contributed by atoms with Crippen LogP contribution in [0.5, 0.6) is 0 Å². The van der Waals surface area contributed by atoms with Crippen LogP contribution in [-0.2, 0) is 5.60 Å². The van der Waals surface area contributed by atoms with E-state index in [2.05, 4.69) is 4.98 Å². The van der Waals surface area contributed by atoms with Crippen molar-refractivity contribution in [2.75, 3.05) is 0 Å². The number of pyridine rings is 1. The molecule has 4 aromatic rings. The maximum absolute atomic E-state index is 13.3. The van der Waals surface area contributed by atoms with Gasteiger partial charge in [-0.2, -0.15) is 13.2 Å². The monoisotopic (exact) mass is 462 g/mol. The van der Waals surface area contributed by atoms with Crippen molar-refractivity contribution in [1.29, 1.82) is 0 Å².